The molecule has 1 aromatic heterocycles. The molecule has 0 N–H and O–H groups in total. The van der Waals surface area contributed by atoms with E-state index in [1.165, 1.54) is 49.7 Å². The highest BCUT2D eigenvalue weighted by atomic mass is 16.5. The minimum Gasteiger partial charge on any atom is -0.464 e. The van der Waals surface area contributed by atoms with E-state index in [4.69, 9.17) is 9.15 Å². The molecule has 0 aliphatic carbocycles. The minimum absolute atomic E-state index is 0.449. The maximum Gasteiger partial charge on any atom is 0.134 e. The molecule has 150 valence electrons. The van der Waals surface area contributed by atoms with Crippen molar-refractivity contribution in [3.63, 3.8) is 0 Å². The molecule has 1 fully saturated rings. The standard InChI is InChI=1S/C23H36N2O2/c1-3-13-24(2)14-7-4-8-17-26-21-11-15-25(16-12-21)18-20-19-27-23-10-6-5-9-22(20)23/h5-6,9-10,19,21H,3-4,7-8,11-18H2,1-2H3. The number of hydrogen-bond acceptors (Lipinski definition) is 4. The lowest BCUT2D eigenvalue weighted by Gasteiger charge is -2.31. The zero-order chi connectivity index (χ0) is 18.9. The van der Waals surface area contributed by atoms with Gasteiger partial charge in [0.1, 0.15) is 5.58 Å². The largest absolute Gasteiger partial charge is 0.464 e. The predicted octanol–water partition coefficient (Wildman–Crippen LogP) is 4.93. The average molecular weight is 373 g/mol. The topological polar surface area (TPSA) is 28.9 Å². The number of rotatable bonds is 11. The lowest BCUT2D eigenvalue weighted by Crippen LogP contribution is -2.36. The number of nitrogens with zero attached hydrogens (tertiary/aromatic N) is 2. The van der Waals surface area contributed by atoms with Gasteiger partial charge in [-0.3, -0.25) is 4.90 Å². The van der Waals surface area contributed by atoms with Crippen LogP contribution in [0, 0.1) is 0 Å². The molecule has 2 aromatic rings. The first kappa shape index (κ1) is 20.4. The fraction of sp³-hybridized carbons (Fsp3) is 0.652. The molecular weight excluding hydrogens is 336 g/mol. The first-order chi connectivity index (χ1) is 13.3. The van der Waals surface area contributed by atoms with Gasteiger partial charge in [-0.05, 0) is 64.7 Å². The lowest BCUT2D eigenvalue weighted by atomic mass is 10.1. The Morgan fingerprint density at radius 1 is 1.11 bits per heavy atom. The van der Waals surface area contributed by atoms with E-state index in [-0.39, 0.29) is 0 Å². The molecule has 4 nitrogen and oxygen atoms in total. The third-order valence-electron chi connectivity index (χ3n) is 5.63. The quantitative estimate of drug-likeness (QED) is 0.523. The summed E-state index contributed by atoms with van der Waals surface area (Å²) in [6.45, 7) is 8.81. The van der Waals surface area contributed by atoms with E-state index in [1.54, 1.807) is 0 Å². The number of furan rings is 1. The molecule has 0 atom stereocenters. The van der Waals surface area contributed by atoms with Crippen LogP contribution in [0.25, 0.3) is 11.0 Å². The van der Waals surface area contributed by atoms with E-state index in [1.807, 2.05) is 18.4 Å². The first-order valence-electron chi connectivity index (χ1n) is 10.7. The van der Waals surface area contributed by atoms with Crippen LogP contribution in [0.2, 0.25) is 0 Å². The van der Waals surface area contributed by atoms with E-state index >= 15 is 0 Å². The van der Waals surface area contributed by atoms with Gasteiger partial charge in [0, 0.05) is 37.2 Å². The first-order valence-corrected chi connectivity index (χ1v) is 10.7. The third-order valence-corrected chi connectivity index (χ3v) is 5.63. The molecule has 0 bridgehead atoms. The summed E-state index contributed by atoms with van der Waals surface area (Å²) in [5.41, 5.74) is 2.30. The monoisotopic (exact) mass is 372 g/mol. The van der Waals surface area contributed by atoms with Gasteiger partial charge in [0.15, 0.2) is 0 Å². The van der Waals surface area contributed by atoms with E-state index in [9.17, 15) is 0 Å². The highest BCUT2D eigenvalue weighted by Crippen LogP contribution is 2.24. The van der Waals surface area contributed by atoms with Crippen molar-refractivity contribution in [2.75, 3.05) is 39.8 Å². The summed E-state index contributed by atoms with van der Waals surface area (Å²) in [4.78, 5) is 4.96. The van der Waals surface area contributed by atoms with Crippen LogP contribution in [-0.4, -0.2) is 55.7 Å². The minimum atomic E-state index is 0.449. The molecule has 1 aromatic carbocycles. The Morgan fingerprint density at radius 2 is 1.93 bits per heavy atom. The number of likely N-dealkylation sites (tertiary alicyclic amines) is 1. The Kier molecular flexibility index (Phi) is 8.18. The summed E-state index contributed by atoms with van der Waals surface area (Å²) < 4.78 is 11.8. The number of unbranched alkanes of at least 4 members (excludes halogenated alkanes) is 2. The van der Waals surface area contributed by atoms with Gasteiger partial charge in [-0.1, -0.05) is 25.1 Å². The summed E-state index contributed by atoms with van der Waals surface area (Å²) in [7, 11) is 2.22. The second-order valence-electron chi connectivity index (χ2n) is 7.97. The van der Waals surface area contributed by atoms with Crippen LogP contribution in [0.5, 0.6) is 0 Å². The van der Waals surface area contributed by atoms with E-state index in [0.717, 1.165) is 44.7 Å². The van der Waals surface area contributed by atoms with Gasteiger partial charge in [-0.2, -0.15) is 0 Å². The van der Waals surface area contributed by atoms with Gasteiger partial charge in [0.2, 0.25) is 0 Å². The van der Waals surface area contributed by atoms with Crippen LogP contribution < -0.4 is 0 Å². The number of benzene rings is 1. The Labute approximate surface area is 164 Å². The molecule has 1 aliphatic rings. The number of fused-ring (bicyclic) bond motifs is 1. The molecule has 0 unspecified atom stereocenters. The van der Waals surface area contributed by atoms with Crippen LogP contribution in [-0.2, 0) is 11.3 Å². The second-order valence-corrected chi connectivity index (χ2v) is 7.97. The molecule has 0 amide bonds. The van der Waals surface area contributed by atoms with Crippen molar-refractivity contribution in [3.8, 4) is 0 Å². The molecule has 4 heteroatoms. The zero-order valence-corrected chi connectivity index (χ0v) is 17.2. The SMILES string of the molecule is CCCN(C)CCCCCOC1CCN(Cc2coc3ccccc23)CC1. The van der Waals surface area contributed by atoms with Crippen molar-refractivity contribution in [3.05, 3.63) is 36.1 Å². The van der Waals surface area contributed by atoms with Crippen LogP contribution in [0.4, 0.5) is 0 Å². The van der Waals surface area contributed by atoms with Crippen LogP contribution >= 0.6 is 0 Å². The Balaban J connectivity index is 1.28. The molecule has 1 aliphatic heterocycles. The summed E-state index contributed by atoms with van der Waals surface area (Å²) in [6, 6.07) is 8.32. The third kappa shape index (κ3) is 6.34. The number of hydrogen-bond donors (Lipinski definition) is 0. The molecule has 0 saturated carbocycles. The summed E-state index contributed by atoms with van der Waals surface area (Å²) in [5.74, 6) is 0. The van der Waals surface area contributed by atoms with E-state index in [2.05, 4.69) is 35.9 Å². The van der Waals surface area contributed by atoms with Crippen molar-refractivity contribution in [2.45, 2.75) is 58.1 Å². The van der Waals surface area contributed by atoms with Gasteiger partial charge in [0.05, 0.1) is 12.4 Å². The van der Waals surface area contributed by atoms with Gasteiger partial charge >= 0.3 is 0 Å². The smallest absolute Gasteiger partial charge is 0.134 e. The summed E-state index contributed by atoms with van der Waals surface area (Å²) in [5, 5.41) is 1.25. The lowest BCUT2D eigenvalue weighted by molar-refractivity contribution is 0.00421. The maximum absolute atomic E-state index is 6.13. The molecule has 1 saturated heterocycles. The summed E-state index contributed by atoms with van der Waals surface area (Å²) >= 11 is 0. The second kappa shape index (κ2) is 10.8. The van der Waals surface area contributed by atoms with Gasteiger partial charge in [-0.15, -0.1) is 0 Å². The highest BCUT2D eigenvalue weighted by Gasteiger charge is 2.20. The Hall–Kier alpha value is -1.36. The fourth-order valence-electron chi connectivity index (χ4n) is 4.03. The summed E-state index contributed by atoms with van der Waals surface area (Å²) in [6.07, 6.45) is 9.67. The van der Waals surface area contributed by atoms with E-state index < -0.39 is 0 Å². The van der Waals surface area contributed by atoms with Gasteiger partial charge < -0.3 is 14.1 Å². The van der Waals surface area contributed by atoms with Crippen molar-refractivity contribution in [1.82, 2.24) is 9.80 Å². The van der Waals surface area contributed by atoms with Crippen molar-refractivity contribution < 1.29 is 9.15 Å². The van der Waals surface area contributed by atoms with Crippen molar-refractivity contribution >= 4 is 11.0 Å². The molecule has 27 heavy (non-hydrogen) atoms. The predicted molar refractivity (Wildman–Crippen MR) is 112 cm³/mol. The van der Waals surface area contributed by atoms with E-state index in [0.29, 0.717) is 6.10 Å². The molecular formula is C23H36N2O2. The van der Waals surface area contributed by atoms with Crippen LogP contribution in [0.1, 0.15) is 51.0 Å². The van der Waals surface area contributed by atoms with Crippen LogP contribution in [0.3, 0.4) is 0 Å². The number of ether oxygens (including phenoxy) is 1. The molecule has 0 spiro atoms. The normalized spacial score (nSPS) is 16.6. The highest BCUT2D eigenvalue weighted by molar-refractivity contribution is 5.80. The van der Waals surface area contributed by atoms with Gasteiger partial charge in [0.25, 0.3) is 0 Å². The zero-order valence-electron chi connectivity index (χ0n) is 17.2. The van der Waals surface area contributed by atoms with Crippen molar-refractivity contribution in [1.29, 1.82) is 0 Å². The van der Waals surface area contributed by atoms with Crippen molar-refractivity contribution in [2.24, 2.45) is 0 Å². The molecule has 2 heterocycles. The fourth-order valence-corrected chi connectivity index (χ4v) is 4.03. The molecule has 0 radical (unpaired) electrons. The maximum atomic E-state index is 6.13. The average Bonchev–Trinajstić information content (AvgIpc) is 3.09. The number of para-hydroxylation sites is 1. The van der Waals surface area contributed by atoms with Gasteiger partial charge in [-0.25, -0.2) is 0 Å². The number of piperidine rings is 1. The molecule has 3 rings (SSSR count). The Morgan fingerprint density at radius 3 is 2.74 bits per heavy atom. The van der Waals surface area contributed by atoms with Crippen LogP contribution in [0.15, 0.2) is 34.9 Å². The Bertz CT molecular complexity index is 661.